The van der Waals surface area contributed by atoms with Crippen LogP contribution >= 0.6 is 0 Å². The zero-order chi connectivity index (χ0) is 16.8. The molecule has 0 aromatic heterocycles. The third-order valence-electron chi connectivity index (χ3n) is 3.16. The number of benzene rings is 2. The Balaban J connectivity index is 2.27. The molecule has 0 amide bonds. The molecule has 0 radical (unpaired) electrons. The van der Waals surface area contributed by atoms with Gasteiger partial charge in [-0.2, -0.15) is 0 Å². The van der Waals surface area contributed by atoms with Crippen molar-refractivity contribution < 1.29 is 18.7 Å². The summed E-state index contributed by atoms with van der Waals surface area (Å²) in [6.45, 7) is 4.02. The lowest BCUT2D eigenvalue weighted by atomic mass is 10.1. The van der Waals surface area contributed by atoms with Crippen LogP contribution in [0.25, 0.3) is 0 Å². The molecule has 0 aliphatic heterocycles. The SMILES string of the molecule is COC(=O)c1cc(OCc2ccccc2)c(F)cc1NC(C)C. The van der Waals surface area contributed by atoms with Crippen molar-refractivity contribution in [3.05, 3.63) is 59.4 Å². The molecule has 5 heteroatoms. The molecule has 23 heavy (non-hydrogen) atoms. The average molecular weight is 317 g/mol. The molecule has 0 bridgehead atoms. The van der Waals surface area contributed by atoms with Crippen LogP contribution in [0.2, 0.25) is 0 Å². The molecule has 2 aromatic rings. The fraction of sp³-hybridized carbons (Fsp3) is 0.278. The van der Waals surface area contributed by atoms with E-state index >= 15 is 0 Å². The lowest BCUT2D eigenvalue weighted by Gasteiger charge is -2.16. The van der Waals surface area contributed by atoms with E-state index in [9.17, 15) is 9.18 Å². The Morgan fingerprint density at radius 1 is 1.22 bits per heavy atom. The van der Waals surface area contributed by atoms with E-state index in [0.717, 1.165) is 5.56 Å². The second-order valence-electron chi connectivity index (χ2n) is 5.39. The number of carbonyl (C=O) groups is 1. The maximum atomic E-state index is 14.2. The molecule has 0 fully saturated rings. The molecular formula is C18H20FNO3. The first-order valence-corrected chi connectivity index (χ1v) is 7.36. The number of ether oxygens (including phenoxy) is 2. The van der Waals surface area contributed by atoms with Gasteiger partial charge >= 0.3 is 5.97 Å². The van der Waals surface area contributed by atoms with E-state index in [1.54, 1.807) is 0 Å². The molecule has 0 unspecified atom stereocenters. The van der Waals surface area contributed by atoms with E-state index in [2.05, 4.69) is 5.32 Å². The maximum Gasteiger partial charge on any atom is 0.340 e. The fourth-order valence-corrected chi connectivity index (χ4v) is 2.11. The first-order valence-electron chi connectivity index (χ1n) is 7.36. The van der Waals surface area contributed by atoms with Crippen molar-refractivity contribution in [3.63, 3.8) is 0 Å². The van der Waals surface area contributed by atoms with Crippen molar-refractivity contribution in [3.8, 4) is 5.75 Å². The second-order valence-corrected chi connectivity index (χ2v) is 5.39. The first-order chi connectivity index (χ1) is 11.0. The van der Waals surface area contributed by atoms with Gasteiger partial charge in [0.25, 0.3) is 0 Å². The molecule has 2 aromatic carbocycles. The Bertz CT molecular complexity index is 671. The van der Waals surface area contributed by atoms with Gasteiger partial charge in [0, 0.05) is 12.1 Å². The minimum atomic E-state index is -0.544. The molecule has 0 aliphatic rings. The normalized spacial score (nSPS) is 10.5. The van der Waals surface area contributed by atoms with Crippen molar-refractivity contribution in [2.45, 2.75) is 26.5 Å². The Labute approximate surface area is 135 Å². The standard InChI is InChI=1S/C18H20FNO3/c1-12(2)20-16-10-15(19)17(9-14(16)18(21)22-3)23-11-13-7-5-4-6-8-13/h4-10,12,20H,11H2,1-3H3. The monoisotopic (exact) mass is 317 g/mol. The van der Waals surface area contributed by atoms with Gasteiger partial charge in [-0.1, -0.05) is 30.3 Å². The van der Waals surface area contributed by atoms with Crippen LogP contribution in [0.1, 0.15) is 29.8 Å². The predicted molar refractivity (Wildman–Crippen MR) is 87.3 cm³/mol. The van der Waals surface area contributed by atoms with Crippen molar-refractivity contribution in [2.75, 3.05) is 12.4 Å². The molecule has 1 N–H and O–H groups in total. The highest BCUT2D eigenvalue weighted by Gasteiger charge is 2.18. The highest BCUT2D eigenvalue weighted by atomic mass is 19.1. The quantitative estimate of drug-likeness (QED) is 0.818. The van der Waals surface area contributed by atoms with Crippen LogP contribution in [0.15, 0.2) is 42.5 Å². The Kier molecular flexibility index (Phi) is 5.57. The number of carbonyl (C=O) groups excluding carboxylic acids is 1. The highest BCUT2D eigenvalue weighted by Crippen LogP contribution is 2.28. The number of halogens is 1. The molecule has 4 nitrogen and oxygen atoms in total. The Morgan fingerprint density at radius 2 is 1.91 bits per heavy atom. The van der Waals surface area contributed by atoms with Crippen LogP contribution in [0.4, 0.5) is 10.1 Å². The number of methoxy groups -OCH3 is 1. The molecule has 2 rings (SSSR count). The molecule has 0 saturated carbocycles. The molecular weight excluding hydrogens is 297 g/mol. The minimum Gasteiger partial charge on any atom is -0.486 e. The third kappa shape index (κ3) is 4.45. The zero-order valence-corrected chi connectivity index (χ0v) is 13.4. The van der Waals surface area contributed by atoms with Crippen LogP contribution < -0.4 is 10.1 Å². The number of hydrogen-bond acceptors (Lipinski definition) is 4. The van der Waals surface area contributed by atoms with Crippen LogP contribution in [0, 0.1) is 5.82 Å². The van der Waals surface area contributed by atoms with Crippen LogP contribution in [-0.4, -0.2) is 19.1 Å². The van der Waals surface area contributed by atoms with Crippen molar-refractivity contribution >= 4 is 11.7 Å². The van der Waals surface area contributed by atoms with Gasteiger partial charge in [0.15, 0.2) is 11.6 Å². The maximum absolute atomic E-state index is 14.2. The summed E-state index contributed by atoms with van der Waals surface area (Å²) in [7, 11) is 1.29. The summed E-state index contributed by atoms with van der Waals surface area (Å²) in [6, 6.07) is 12.1. The number of anilines is 1. The molecule has 122 valence electrons. The van der Waals surface area contributed by atoms with E-state index < -0.39 is 11.8 Å². The third-order valence-corrected chi connectivity index (χ3v) is 3.16. The molecule has 0 atom stereocenters. The summed E-state index contributed by atoms with van der Waals surface area (Å²) in [4.78, 5) is 11.9. The lowest BCUT2D eigenvalue weighted by Crippen LogP contribution is -2.15. The summed E-state index contributed by atoms with van der Waals surface area (Å²) in [6.07, 6.45) is 0. The summed E-state index contributed by atoms with van der Waals surface area (Å²) in [5.41, 5.74) is 1.54. The van der Waals surface area contributed by atoms with E-state index in [0.29, 0.717) is 5.69 Å². The van der Waals surface area contributed by atoms with Gasteiger partial charge in [-0.15, -0.1) is 0 Å². The van der Waals surface area contributed by atoms with E-state index in [4.69, 9.17) is 9.47 Å². The summed E-state index contributed by atoms with van der Waals surface area (Å²) in [5.74, 6) is -1.06. The van der Waals surface area contributed by atoms with Gasteiger partial charge in [0.2, 0.25) is 0 Å². The highest BCUT2D eigenvalue weighted by molar-refractivity contribution is 5.96. The number of nitrogens with one attached hydrogen (secondary N) is 1. The van der Waals surface area contributed by atoms with E-state index in [1.165, 1.54) is 19.2 Å². The topological polar surface area (TPSA) is 47.6 Å². The number of rotatable bonds is 6. The van der Waals surface area contributed by atoms with Crippen molar-refractivity contribution in [2.24, 2.45) is 0 Å². The average Bonchev–Trinajstić information content (AvgIpc) is 2.54. The molecule has 0 spiro atoms. The molecule has 0 aliphatic carbocycles. The first kappa shape index (κ1) is 16.8. The Morgan fingerprint density at radius 3 is 2.52 bits per heavy atom. The fourth-order valence-electron chi connectivity index (χ4n) is 2.11. The zero-order valence-electron chi connectivity index (χ0n) is 13.4. The van der Waals surface area contributed by atoms with Crippen LogP contribution in [0.3, 0.4) is 0 Å². The van der Waals surface area contributed by atoms with Gasteiger partial charge in [0.05, 0.1) is 18.4 Å². The van der Waals surface area contributed by atoms with Gasteiger partial charge < -0.3 is 14.8 Å². The van der Waals surface area contributed by atoms with Crippen LogP contribution in [0.5, 0.6) is 5.75 Å². The van der Waals surface area contributed by atoms with Crippen molar-refractivity contribution in [1.82, 2.24) is 0 Å². The van der Waals surface area contributed by atoms with Gasteiger partial charge in [0.1, 0.15) is 6.61 Å². The predicted octanol–water partition coefficient (Wildman–Crippen LogP) is 4.01. The van der Waals surface area contributed by atoms with E-state index in [1.807, 2.05) is 44.2 Å². The second kappa shape index (κ2) is 7.63. The number of hydrogen-bond donors (Lipinski definition) is 1. The largest absolute Gasteiger partial charge is 0.486 e. The van der Waals surface area contributed by atoms with Gasteiger partial charge in [-0.3, -0.25) is 0 Å². The smallest absolute Gasteiger partial charge is 0.340 e. The van der Waals surface area contributed by atoms with E-state index in [-0.39, 0.29) is 24.0 Å². The summed E-state index contributed by atoms with van der Waals surface area (Å²) >= 11 is 0. The molecule has 0 heterocycles. The summed E-state index contributed by atoms with van der Waals surface area (Å²) < 4.78 is 24.5. The van der Waals surface area contributed by atoms with Gasteiger partial charge in [-0.25, -0.2) is 9.18 Å². The minimum absolute atomic E-state index is 0.0172. The molecule has 0 saturated heterocycles. The van der Waals surface area contributed by atoms with Crippen molar-refractivity contribution in [1.29, 1.82) is 0 Å². The number of esters is 1. The lowest BCUT2D eigenvalue weighted by molar-refractivity contribution is 0.0601. The summed E-state index contributed by atoms with van der Waals surface area (Å²) in [5, 5.41) is 3.03. The van der Waals surface area contributed by atoms with Crippen LogP contribution in [-0.2, 0) is 11.3 Å². The Hall–Kier alpha value is -2.56. The van der Waals surface area contributed by atoms with Gasteiger partial charge in [-0.05, 0) is 25.5 Å².